The Balaban J connectivity index is 3.50. The van der Waals surface area contributed by atoms with Crippen LogP contribution < -0.4 is 0 Å². The van der Waals surface area contributed by atoms with Crippen molar-refractivity contribution in [3.05, 3.63) is 12.2 Å². The van der Waals surface area contributed by atoms with Crippen LogP contribution in [0.15, 0.2) is 12.2 Å². The van der Waals surface area contributed by atoms with E-state index in [9.17, 15) is 4.79 Å². The summed E-state index contributed by atoms with van der Waals surface area (Å²) in [6, 6.07) is 0. The molecule has 0 aromatic rings. The summed E-state index contributed by atoms with van der Waals surface area (Å²) in [6.45, 7) is 6.52. The fourth-order valence-corrected chi connectivity index (χ4v) is 0.319. The zero-order valence-corrected chi connectivity index (χ0v) is 6.26. The topological polar surface area (TPSA) is 46.5 Å². The Kier molecular flexibility index (Phi) is 3.72. The van der Waals surface area contributed by atoms with Gasteiger partial charge in [-0.25, -0.2) is 4.79 Å². The monoisotopic (exact) mass is 144 g/mol. The second-order valence-electron chi connectivity index (χ2n) is 2.23. The Morgan fingerprint density at radius 1 is 1.80 bits per heavy atom. The van der Waals surface area contributed by atoms with Gasteiger partial charge in [0.2, 0.25) is 0 Å². The summed E-state index contributed by atoms with van der Waals surface area (Å²) < 4.78 is 4.58. The number of hydrogen-bond donors (Lipinski definition) is 1. The fraction of sp³-hybridized carbons (Fsp3) is 0.571. The summed E-state index contributed by atoms with van der Waals surface area (Å²) >= 11 is 0. The maximum atomic E-state index is 10.6. The number of carbonyl (C=O) groups is 1. The lowest BCUT2D eigenvalue weighted by molar-refractivity contribution is -0.141. The molecule has 0 aliphatic rings. The molecule has 0 aromatic carbocycles. The Morgan fingerprint density at radius 2 is 2.30 bits per heavy atom. The van der Waals surface area contributed by atoms with Gasteiger partial charge in [-0.2, -0.15) is 0 Å². The molecule has 58 valence electrons. The van der Waals surface area contributed by atoms with Gasteiger partial charge in [-0.05, 0) is 13.8 Å². The van der Waals surface area contributed by atoms with Crippen molar-refractivity contribution in [3.63, 3.8) is 0 Å². The summed E-state index contributed by atoms with van der Waals surface area (Å²) in [5, 5.41) is 8.68. The third kappa shape index (κ3) is 4.09. The quantitative estimate of drug-likeness (QED) is 0.463. The van der Waals surface area contributed by atoms with E-state index in [0.29, 0.717) is 5.57 Å². The highest BCUT2D eigenvalue weighted by Crippen LogP contribution is 1.92. The van der Waals surface area contributed by atoms with Crippen LogP contribution in [0.25, 0.3) is 0 Å². The SMILES string of the molecule is C=C(C)C(=O)OC[C@@H](C)O. The van der Waals surface area contributed by atoms with Crippen molar-refractivity contribution in [1.82, 2.24) is 0 Å². The average Bonchev–Trinajstić information content (AvgIpc) is 1.82. The molecule has 0 heterocycles. The fourth-order valence-electron chi connectivity index (χ4n) is 0.319. The molecule has 0 radical (unpaired) electrons. The van der Waals surface area contributed by atoms with E-state index in [1.54, 1.807) is 13.8 Å². The van der Waals surface area contributed by atoms with Gasteiger partial charge in [0, 0.05) is 5.57 Å². The molecule has 0 amide bonds. The van der Waals surface area contributed by atoms with Crippen molar-refractivity contribution in [2.45, 2.75) is 20.0 Å². The number of esters is 1. The van der Waals surface area contributed by atoms with E-state index in [1.807, 2.05) is 0 Å². The lowest BCUT2D eigenvalue weighted by Crippen LogP contribution is -2.15. The maximum absolute atomic E-state index is 10.6. The van der Waals surface area contributed by atoms with E-state index >= 15 is 0 Å². The highest BCUT2D eigenvalue weighted by atomic mass is 16.5. The molecule has 0 aliphatic heterocycles. The number of rotatable bonds is 3. The molecule has 1 N–H and O–H groups in total. The van der Waals surface area contributed by atoms with Gasteiger partial charge in [-0.1, -0.05) is 6.58 Å². The number of aliphatic hydroxyl groups excluding tert-OH is 1. The van der Waals surface area contributed by atoms with Crippen molar-refractivity contribution in [2.24, 2.45) is 0 Å². The number of ether oxygens (including phenoxy) is 1. The minimum atomic E-state index is -0.608. The summed E-state index contributed by atoms with van der Waals surface area (Å²) in [5.41, 5.74) is 0.348. The molecule has 0 spiro atoms. The predicted molar refractivity (Wildman–Crippen MR) is 37.5 cm³/mol. The molecule has 0 saturated carbocycles. The second-order valence-corrected chi connectivity index (χ2v) is 2.23. The van der Waals surface area contributed by atoms with Crippen molar-refractivity contribution < 1.29 is 14.6 Å². The lowest BCUT2D eigenvalue weighted by Gasteiger charge is -2.04. The molecule has 0 aromatic heterocycles. The molecule has 10 heavy (non-hydrogen) atoms. The zero-order valence-electron chi connectivity index (χ0n) is 6.26. The van der Waals surface area contributed by atoms with Crippen LogP contribution in [0.4, 0.5) is 0 Å². The van der Waals surface area contributed by atoms with Gasteiger partial charge >= 0.3 is 5.97 Å². The number of carbonyl (C=O) groups excluding carboxylic acids is 1. The Hall–Kier alpha value is -0.830. The van der Waals surface area contributed by atoms with Crippen molar-refractivity contribution in [2.75, 3.05) is 6.61 Å². The van der Waals surface area contributed by atoms with Gasteiger partial charge in [0.1, 0.15) is 6.61 Å². The van der Waals surface area contributed by atoms with E-state index in [-0.39, 0.29) is 6.61 Å². The molecule has 1 atom stereocenters. The van der Waals surface area contributed by atoms with Gasteiger partial charge in [0.25, 0.3) is 0 Å². The average molecular weight is 144 g/mol. The highest BCUT2D eigenvalue weighted by molar-refractivity contribution is 5.86. The van der Waals surface area contributed by atoms with Gasteiger partial charge in [-0.15, -0.1) is 0 Å². The van der Waals surface area contributed by atoms with Crippen LogP contribution in [0.5, 0.6) is 0 Å². The van der Waals surface area contributed by atoms with E-state index in [1.165, 1.54) is 0 Å². The third-order valence-corrected chi connectivity index (χ3v) is 0.804. The lowest BCUT2D eigenvalue weighted by atomic mass is 10.3. The summed E-state index contributed by atoms with van der Waals surface area (Å²) in [6.07, 6.45) is -0.608. The minimum Gasteiger partial charge on any atom is -0.460 e. The van der Waals surface area contributed by atoms with Crippen molar-refractivity contribution >= 4 is 5.97 Å². The van der Waals surface area contributed by atoms with E-state index in [4.69, 9.17) is 5.11 Å². The molecule has 0 saturated heterocycles. The van der Waals surface area contributed by atoms with Crippen LogP contribution in [0.2, 0.25) is 0 Å². The van der Waals surface area contributed by atoms with Crippen LogP contribution >= 0.6 is 0 Å². The molecule has 3 nitrogen and oxygen atoms in total. The van der Waals surface area contributed by atoms with Crippen molar-refractivity contribution in [1.29, 1.82) is 0 Å². The number of hydrogen-bond acceptors (Lipinski definition) is 3. The smallest absolute Gasteiger partial charge is 0.333 e. The molecule has 0 unspecified atom stereocenters. The van der Waals surface area contributed by atoms with Crippen LogP contribution in [-0.4, -0.2) is 23.8 Å². The van der Waals surface area contributed by atoms with Gasteiger partial charge in [0.05, 0.1) is 6.10 Å². The normalized spacial score (nSPS) is 12.3. The summed E-state index contributed by atoms with van der Waals surface area (Å²) in [4.78, 5) is 10.6. The van der Waals surface area contributed by atoms with Gasteiger partial charge in [-0.3, -0.25) is 0 Å². The third-order valence-electron chi connectivity index (χ3n) is 0.804. The standard InChI is InChI=1S/C7H12O3/c1-5(2)7(9)10-4-6(3)8/h6,8H,1,4H2,2-3H3/t6-/m1/s1. The summed E-state index contributed by atoms with van der Waals surface area (Å²) in [7, 11) is 0. The largest absolute Gasteiger partial charge is 0.460 e. The molecule has 0 bridgehead atoms. The van der Waals surface area contributed by atoms with Crippen molar-refractivity contribution in [3.8, 4) is 0 Å². The van der Waals surface area contributed by atoms with Crippen LogP contribution in [-0.2, 0) is 9.53 Å². The first-order valence-electron chi connectivity index (χ1n) is 3.04. The summed E-state index contributed by atoms with van der Waals surface area (Å²) in [5.74, 6) is -0.457. The molecular weight excluding hydrogens is 132 g/mol. The van der Waals surface area contributed by atoms with Gasteiger partial charge < -0.3 is 9.84 Å². The van der Waals surface area contributed by atoms with E-state index in [0.717, 1.165) is 0 Å². The Bertz CT molecular complexity index is 138. The van der Waals surface area contributed by atoms with Crippen LogP contribution in [0.3, 0.4) is 0 Å². The first kappa shape index (κ1) is 9.17. The van der Waals surface area contributed by atoms with E-state index < -0.39 is 12.1 Å². The maximum Gasteiger partial charge on any atom is 0.333 e. The molecule has 3 heteroatoms. The molecular formula is C7H12O3. The minimum absolute atomic E-state index is 0.0334. The Labute approximate surface area is 60.3 Å². The predicted octanol–water partition coefficient (Wildman–Crippen LogP) is 0.486. The first-order valence-corrected chi connectivity index (χ1v) is 3.04. The first-order chi connectivity index (χ1) is 4.54. The number of aliphatic hydroxyl groups is 1. The molecule has 0 fully saturated rings. The van der Waals surface area contributed by atoms with Gasteiger partial charge in [0.15, 0.2) is 0 Å². The molecule has 0 rings (SSSR count). The van der Waals surface area contributed by atoms with Crippen LogP contribution in [0, 0.1) is 0 Å². The highest BCUT2D eigenvalue weighted by Gasteiger charge is 2.03. The second kappa shape index (κ2) is 4.06. The Morgan fingerprint density at radius 3 is 2.60 bits per heavy atom. The zero-order chi connectivity index (χ0) is 8.15. The molecule has 0 aliphatic carbocycles. The van der Waals surface area contributed by atoms with Crippen LogP contribution in [0.1, 0.15) is 13.8 Å². The van der Waals surface area contributed by atoms with E-state index in [2.05, 4.69) is 11.3 Å².